The smallest absolute Gasteiger partial charge is 0.0704 e. The van der Waals surface area contributed by atoms with Crippen LogP contribution in [0.4, 0.5) is 0 Å². The Kier molecular flexibility index (Phi) is 6.09. The van der Waals surface area contributed by atoms with Gasteiger partial charge in [0.25, 0.3) is 0 Å². The van der Waals surface area contributed by atoms with Crippen LogP contribution in [-0.4, -0.2) is 4.98 Å². The molecule has 0 spiro atoms. The summed E-state index contributed by atoms with van der Waals surface area (Å²) in [7, 11) is 0. The molecule has 0 N–H and O–H groups in total. The van der Waals surface area contributed by atoms with Crippen LogP contribution in [0.15, 0.2) is 158 Å². The molecule has 1 nitrogen and oxygen atoms in total. The van der Waals surface area contributed by atoms with Crippen molar-refractivity contribution in [3.8, 4) is 44.6 Å². The molecule has 0 saturated heterocycles. The zero-order chi connectivity index (χ0) is 28.8. The average Bonchev–Trinajstić information content (AvgIpc) is 3.07. The second kappa shape index (κ2) is 10.4. The van der Waals surface area contributed by atoms with Gasteiger partial charge in [0.05, 0.1) is 5.69 Å². The van der Waals surface area contributed by atoms with Gasteiger partial charge in [-0.05, 0) is 96.4 Å². The van der Waals surface area contributed by atoms with Gasteiger partial charge in [0.15, 0.2) is 0 Å². The molecule has 0 aliphatic heterocycles. The van der Waals surface area contributed by atoms with E-state index in [0.717, 1.165) is 11.3 Å². The van der Waals surface area contributed by atoms with E-state index in [-0.39, 0.29) is 0 Å². The number of pyridine rings is 1. The largest absolute Gasteiger partial charge is 0.256 e. The van der Waals surface area contributed by atoms with Gasteiger partial charge in [-0.15, -0.1) is 0 Å². The number of benzene rings is 7. The van der Waals surface area contributed by atoms with Crippen molar-refractivity contribution in [2.45, 2.75) is 6.92 Å². The number of aryl methyl sites for hydroxylation is 1. The first-order chi connectivity index (χ1) is 21.2. The Morgan fingerprint density at radius 1 is 0.372 bits per heavy atom. The van der Waals surface area contributed by atoms with Crippen molar-refractivity contribution in [2.24, 2.45) is 0 Å². The van der Waals surface area contributed by atoms with Gasteiger partial charge < -0.3 is 0 Å². The molecule has 0 fully saturated rings. The van der Waals surface area contributed by atoms with E-state index in [1.807, 2.05) is 12.3 Å². The fourth-order valence-corrected chi connectivity index (χ4v) is 6.45. The minimum atomic E-state index is 1.01. The zero-order valence-electron chi connectivity index (χ0n) is 24.0. The zero-order valence-corrected chi connectivity index (χ0v) is 24.0. The molecule has 0 aliphatic rings. The molecule has 8 aromatic rings. The van der Waals surface area contributed by atoms with Crippen molar-refractivity contribution in [3.63, 3.8) is 0 Å². The molecule has 0 aliphatic carbocycles. The van der Waals surface area contributed by atoms with Crippen molar-refractivity contribution >= 4 is 32.3 Å². The van der Waals surface area contributed by atoms with Gasteiger partial charge in [0.1, 0.15) is 0 Å². The summed E-state index contributed by atoms with van der Waals surface area (Å²) < 4.78 is 0. The molecule has 1 heteroatoms. The van der Waals surface area contributed by atoms with Crippen molar-refractivity contribution in [1.82, 2.24) is 4.98 Å². The summed E-state index contributed by atoms with van der Waals surface area (Å²) in [6.45, 7) is 2.10. The summed E-state index contributed by atoms with van der Waals surface area (Å²) in [6.07, 6.45) is 1.87. The molecule has 0 bridgehead atoms. The quantitative estimate of drug-likeness (QED) is 0.200. The number of fused-ring (bicyclic) bond motifs is 3. The monoisotopic (exact) mass is 547 g/mol. The molecule has 8 rings (SSSR count). The van der Waals surface area contributed by atoms with E-state index in [1.54, 1.807) is 0 Å². The maximum atomic E-state index is 4.55. The first-order valence-electron chi connectivity index (χ1n) is 14.8. The Hall–Kier alpha value is -5.53. The number of nitrogens with zero attached hydrogens (tertiary/aromatic N) is 1. The van der Waals surface area contributed by atoms with E-state index in [1.165, 1.54) is 71.3 Å². The Morgan fingerprint density at radius 2 is 0.837 bits per heavy atom. The number of rotatable bonds is 4. The summed E-state index contributed by atoms with van der Waals surface area (Å²) in [4.78, 5) is 4.55. The lowest BCUT2D eigenvalue weighted by Gasteiger charge is -2.18. The lowest BCUT2D eigenvalue weighted by molar-refractivity contribution is 1.29. The Bertz CT molecular complexity index is 2220. The highest BCUT2D eigenvalue weighted by molar-refractivity contribution is 6.21. The number of hydrogen-bond acceptors (Lipinski definition) is 1. The van der Waals surface area contributed by atoms with Crippen LogP contribution in [-0.2, 0) is 0 Å². The van der Waals surface area contributed by atoms with Crippen molar-refractivity contribution in [1.29, 1.82) is 0 Å². The van der Waals surface area contributed by atoms with Crippen LogP contribution in [0.2, 0.25) is 0 Å². The average molecular weight is 548 g/mol. The fraction of sp³-hybridized carbons (Fsp3) is 0.0238. The maximum Gasteiger partial charge on any atom is 0.0704 e. The molecule has 1 aromatic heterocycles. The minimum absolute atomic E-state index is 1.01. The predicted molar refractivity (Wildman–Crippen MR) is 183 cm³/mol. The molecule has 0 atom stereocenters. The van der Waals surface area contributed by atoms with Crippen molar-refractivity contribution in [3.05, 3.63) is 163 Å². The third-order valence-corrected chi connectivity index (χ3v) is 8.57. The summed E-state index contributed by atoms with van der Waals surface area (Å²) in [5, 5.41) is 7.61. The molecule has 1 heterocycles. The molecule has 202 valence electrons. The van der Waals surface area contributed by atoms with Gasteiger partial charge in [-0.3, -0.25) is 4.98 Å². The highest BCUT2D eigenvalue weighted by Crippen LogP contribution is 2.44. The van der Waals surface area contributed by atoms with Crippen LogP contribution in [0, 0.1) is 6.92 Å². The molecular formula is C42H29N. The summed E-state index contributed by atoms with van der Waals surface area (Å²) in [5.41, 5.74) is 10.8. The van der Waals surface area contributed by atoms with E-state index >= 15 is 0 Å². The molecule has 0 amide bonds. The standard InChI is InChI=1S/C42H29N/c1-28-24-25-43-40(26-28)32-19-14-30(15-20-32)31-16-21-33(22-17-31)41-36-10-4-6-12-38(36)42(39-13-7-5-11-37(39)41)35-23-18-29-8-2-3-9-34(29)27-35/h2-27H,1H3. The van der Waals surface area contributed by atoms with Crippen LogP contribution < -0.4 is 0 Å². The SMILES string of the molecule is Cc1ccnc(-c2ccc(-c3ccc(-c4c5ccccc5c(-c5ccc6ccccc6c5)c5ccccc45)cc3)cc2)c1. The van der Waals surface area contributed by atoms with Gasteiger partial charge in [0.2, 0.25) is 0 Å². The van der Waals surface area contributed by atoms with E-state index in [0.29, 0.717) is 0 Å². The molecule has 0 radical (unpaired) electrons. The van der Waals surface area contributed by atoms with Gasteiger partial charge in [-0.1, -0.05) is 133 Å². The molecule has 0 saturated carbocycles. The third-order valence-electron chi connectivity index (χ3n) is 8.57. The van der Waals surface area contributed by atoms with Gasteiger partial charge in [-0.2, -0.15) is 0 Å². The predicted octanol–water partition coefficient (Wildman–Crippen LogP) is 11.5. The Morgan fingerprint density at radius 3 is 1.42 bits per heavy atom. The highest BCUT2D eigenvalue weighted by atomic mass is 14.7. The Balaban J connectivity index is 1.25. The van der Waals surface area contributed by atoms with E-state index in [4.69, 9.17) is 0 Å². The first kappa shape index (κ1) is 25.2. The summed E-state index contributed by atoms with van der Waals surface area (Å²) in [5.74, 6) is 0. The van der Waals surface area contributed by atoms with Gasteiger partial charge >= 0.3 is 0 Å². The first-order valence-corrected chi connectivity index (χ1v) is 14.8. The van der Waals surface area contributed by atoms with Crippen LogP contribution >= 0.6 is 0 Å². The van der Waals surface area contributed by atoms with E-state index < -0.39 is 0 Å². The molecule has 0 unspecified atom stereocenters. The van der Waals surface area contributed by atoms with E-state index in [9.17, 15) is 0 Å². The maximum absolute atomic E-state index is 4.55. The third kappa shape index (κ3) is 4.47. The lowest BCUT2D eigenvalue weighted by atomic mass is 9.85. The van der Waals surface area contributed by atoms with Crippen LogP contribution in [0.25, 0.3) is 77.0 Å². The highest BCUT2D eigenvalue weighted by Gasteiger charge is 2.16. The second-order valence-corrected chi connectivity index (χ2v) is 11.3. The number of hydrogen-bond donors (Lipinski definition) is 0. The normalized spacial score (nSPS) is 11.4. The molecule has 43 heavy (non-hydrogen) atoms. The van der Waals surface area contributed by atoms with Crippen molar-refractivity contribution in [2.75, 3.05) is 0 Å². The van der Waals surface area contributed by atoms with E-state index in [2.05, 4.69) is 158 Å². The number of aromatic nitrogens is 1. The fourth-order valence-electron chi connectivity index (χ4n) is 6.45. The van der Waals surface area contributed by atoms with Crippen molar-refractivity contribution < 1.29 is 0 Å². The lowest BCUT2D eigenvalue weighted by Crippen LogP contribution is -1.91. The van der Waals surface area contributed by atoms with Gasteiger partial charge in [-0.25, -0.2) is 0 Å². The second-order valence-electron chi connectivity index (χ2n) is 11.3. The van der Waals surface area contributed by atoms with Crippen LogP contribution in [0.5, 0.6) is 0 Å². The van der Waals surface area contributed by atoms with Crippen LogP contribution in [0.3, 0.4) is 0 Å². The minimum Gasteiger partial charge on any atom is -0.256 e. The topological polar surface area (TPSA) is 12.9 Å². The molecular weight excluding hydrogens is 518 g/mol. The molecule has 7 aromatic carbocycles. The Labute approximate surface area is 251 Å². The van der Waals surface area contributed by atoms with Gasteiger partial charge in [0, 0.05) is 11.8 Å². The summed E-state index contributed by atoms with van der Waals surface area (Å²) in [6, 6.07) is 55.1. The summed E-state index contributed by atoms with van der Waals surface area (Å²) >= 11 is 0. The van der Waals surface area contributed by atoms with Crippen LogP contribution in [0.1, 0.15) is 5.56 Å².